The first kappa shape index (κ1) is 17.4. The summed E-state index contributed by atoms with van der Waals surface area (Å²) < 4.78 is 1.07. The zero-order chi connectivity index (χ0) is 17.9. The molecule has 0 unspecified atom stereocenters. The molecule has 0 saturated carbocycles. The van der Waals surface area contributed by atoms with Gasteiger partial charge in [-0.1, -0.05) is 52.8 Å². The quantitative estimate of drug-likeness (QED) is 0.414. The second-order valence-electron chi connectivity index (χ2n) is 6.08. The van der Waals surface area contributed by atoms with Crippen molar-refractivity contribution in [2.45, 2.75) is 19.8 Å². The Morgan fingerprint density at radius 2 is 2.04 bits per heavy atom. The van der Waals surface area contributed by atoms with E-state index < -0.39 is 0 Å². The highest BCUT2D eigenvalue weighted by Crippen LogP contribution is 2.38. The molecular formula is C19H17ClN4S2. The van der Waals surface area contributed by atoms with E-state index in [1.165, 1.54) is 11.1 Å². The lowest BCUT2D eigenvalue weighted by Gasteiger charge is -2.03. The third-order valence-electron chi connectivity index (χ3n) is 4.03. The van der Waals surface area contributed by atoms with Gasteiger partial charge in [0.05, 0.1) is 14.6 Å². The van der Waals surface area contributed by atoms with Crippen LogP contribution in [0.15, 0.2) is 42.7 Å². The Hall–Kier alpha value is -2.02. The van der Waals surface area contributed by atoms with Crippen LogP contribution < -0.4 is 5.32 Å². The van der Waals surface area contributed by atoms with Gasteiger partial charge in [0.2, 0.25) is 5.13 Å². The number of fused-ring (bicyclic) bond motifs is 1. The second kappa shape index (κ2) is 7.70. The molecule has 4 aromatic rings. The molecule has 0 aliphatic heterocycles. The molecule has 0 radical (unpaired) electrons. The number of nitrogens with zero attached hydrogens (tertiary/aromatic N) is 3. The largest absolute Gasteiger partial charge is 0.360 e. The van der Waals surface area contributed by atoms with E-state index in [-0.39, 0.29) is 0 Å². The van der Waals surface area contributed by atoms with Crippen molar-refractivity contribution in [1.29, 1.82) is 0 Å². The van der Waals surface area contributed by atoms with E-state index in [2.05, 4.69) is 57.8 Å². The summed E-state index contributed by atoms with van der Waals surface area (Å²) in [5.41, 5.74) is 2.68. The number of pyridine rings is 1. The summed E-state index contributed by atoms with van der Waals surface area (Å²) in [7, 11) is 0. The zero-order valence-electron chi connectivity index (χ0n) is 14.2. The lowest BCUT2D eigenvalue weighted by molar-refractivity contribution is 0.858. The molecule has 4 rings (SSSR count). The molecular weight excluding hydrogens is 384 g/mol. The van der Waals surface area contributed by atoms with E-state index in [0.717, 1.165) is 44.5 Å². The Balaban J connectivity index is 1.37. The van der Waals surface area contributed by atoms with Crippen LogP contribution in [0.2, 0.25) is 5.02 Å². The van der Waals surface area contributed by atoms with Crippen LogP contribution in [0.4, 0.5) is 5.13 Å². The Kier molecular flexibility index (Phi) is 5.15. The van der Waals surface area contributed by atoms with Crippen molar-refractivity contribution in [3.8, 4) is 9.88 Å². The van der Waals surface area contributed by atoms with Gasteiger partial charge < -0.3 is 5.32 Å². The van der Waals surface area contributed by atoms with Crippen LogP contribution >= 0.6 is 34.3 Å². The number of hydrogen-bond acceptors (Lipinski definition) is 6. The van der Waals surface area contributed by atoms with E-state index in [1.807, 2.05) is 6.20 Å². The summed E-state index contributed by atoms with van der Waals surface area (Å²) in [4.78, 5) is 5.21. The van der Waals surface area contributed by atoms with Gasteiger partial charge in [0.25, 0.3) is 0 Å². The van der Waals surface area contributed by atoms with Crippen molar-refractivity contribution < 1.29 is 0 Å². The van der Waals surface area contributed by atoms with Gasteiger partial charge in [0.1, 0.15) is 0 Å². The van der Waals surface area contributed by atoms with Crippen molar-refractivity contribution in [3.05, 3.63) is 58.9 Å². The van der Waals surface area contributed by atoms with Gasteiger partial charge in [0, 0.05) is 24.3 Å². The molecule has 3 heterocycles. The topological polar surface area (TPSA) is 50.7 Å². The van der Waals surface area contributed by atoms with E-state index >= 15 is 0 Å². The summed E-state index contributed by atoms with van der Waals surface area (Å²) in [6.07, 6.45) is 5.62. The maximum absolute atomic E-state index is 6.21. The first-order chi connectivity index (χ1) is 12.7. The van der Waals surface area contributed by atoms with Crippen LogP contribution in [0.5, 0.6) is 0 Å². The summed E-state index contributed by atoms with van der Waals surface area (Å²) in [5, 5.41) is 15.4. The fourth-order valence-corrected chi connectivity index (χ4v) is 4.92. The van der Waals surface area contributed by atoms with Crippen LogP contribution in [-0.2, 0) is 6.42 Å². The van der Waals surface area contributed by atoms with Gasteiger partial charge in [-0.25, -0.2) is 0 Å². The molecule has 0 amide bonds. The molecule has 0 aliphatic rings. The molecule has 1 aromatic carbocycles. The first-order valence-electron chi connectivity index (χ1n) is 8.35. The van der Waals surface area contributed by atoms with E-state index in [1.54, 1.807) is 28.9 Å². The van der Waals surface area contributed by atoms with Crippen LogP contribution in [0.3, 0.4) is 0 Å². The molecule has 132 valence electrons. The number of halogens is 1. The number of aryl methyl sites for hydroxylation is 2. The Bertz CT molecular complexity index is 1040. The van der Waals surface area contributed by atoms with E-state index in [4.69, 9.17) is 11.6 Å². The predicted molar refractivity (Wildman–Crippen MR) is 112 cm³/mol. The number of aromatic nitrogens is 3. The standard InChI is InChI=1S/C19H17ClN4S2/c1-12-4-2-5-13(8-12)6-3-7-22-19-24-23-18(26-19)16-9-14-15(20)10-21-11-17(14)25-16/h2,4-5,8-11H,3,6-7H2,1H3,(H,22,24). The highest BCUT2D eigenvalue weighted by molar-refractivity contribution is 7.26. The SMILES string of the molecule is Cc1cccc(CCCNc2nnc(-c3cc4c(Cl)cncc4s3)s2)c1. The van der Waals surface area contributed by atoms with Gasteiger partial charge in [-0.2, -0.15) is 0 Å². The van der Waals surface area contributed by atoms with Gasteiger partial charge in [-0.05, 0) is 31.4 Å². The van der Waals surface area contributed by atoms with E-state index in [0.29, 0.717) is 5.02 Å². The minimum absolute atomic E-state index is 0.670. The van der Waals surface area contributed by atoms with Crippen molar-refractivity contribution in [2.75, 3.05) is 11.9 Å². The van der Waals surface area contributed by atoms with Crippen LogP contribution in [0, 0.1) is 6.92 Å². The van der Waals surface area contributed by atoms with Crippen LogP contribution in [-0.4, -0.2) is 21.7 Å². The molecule has 0 atom stereocenters. The number of thiophene rings is 1. The lowest BCUT2D eigenvalue weighted by Crippen LogP contribution is -2.02. The normalized spacial score (nSPS) is 11.2. The lowest BCUT2D eigenvalue weighted by atomic mass is 10.1. The van der Waals surface area contributed by atoms with Gasteiger partial charge in [-0.15, -0.1) is 21.5 Å². The predicted octanol–water partition coefficient (Wildman–Crippen LogP) is 5.82. The molecule has 1 N–H and O–H groups in total. The van der Waals surface area contributed by atoms with Crippen LogP contribution in [0.1, 0.15) is 17.5 Å². The molecule has 4 nitrogen and oxygen atoms in total. The molecule has 0 spiro atoms. The third kappa shape index (κ3) is 3.87. The molecule has 7 heteroatoms. The smallest absolute Gasteiger partial charge is 0.206 e. The zero-order valence-corrected chi connectivity index (χ0v) is 16.6. The highest BCUT2D eigenvalue weighted by Gasteiger charge is 2.12. The average molecular weight is 401 g/mol. The summed E-state index contributed by atoms with van der Waals surface area (Å²) in [5.74, 6) is 0. The maximum atomic E-state index is 6.21. The van der Waals surface area contributed by atoms with Gasteiger partial charge in [0.15, 0.2) is 5.01 Å². The summed E-state index contributed by atoms with van der Waals surface area (Å²) >= 11 is 9.41. The van der Waals surface area contributed by atoms with E-state index in [9.17, 15) is 0 Å². The molecule has 3 aromatic heterocycles. The maximum Gasteiger partial charge on any atom is 0.206 e. The number of hydrogen-bond donors (Lipinski definition) is 1. The number of benzene rings is 1. The van der Waals surface area contributed by atoms with Crippen molar-refractivity contribution in [3.63, 3.8) is 0 Å². The Morgan fingerprint density at radius 1 is 1.12 bits per heavy atom. The van der Waals surface area contributed by atoms with Crippen molar-refractivity contribution in [2.24, 2.45) is 0 Å². The molecule has 0 aliphatic carbocycles. The first-order valence-corrected chi connectivity index (χ1v) is 10.4. The minimum atomic E-state index is 0.670. The monoisotopic (exact) mass is 400 g/mol. The molecule has 0 fully saturated rings. The highest BCUT2D eigenvalue weighted by atomic mass is 35.5. The fraction of sp³-hybridized carbons (Fsp3) is 0.211. The van der Waals surface area contributed by atoms with Crippen molar-refractivity contribution in [1.82, 2.24) is 15.2 Å². The van der Waals surface area contributed by atoms with Crippen LogP contribution in [0.25, 0.3) is 20.0 Å². The third-order valence-corrected chi connectivity index (χ3v) is 6.46. The summed E-state index contributed by atoms with van der Waals surface area (Å²) in [6.45, 7) is 3.01. The molecule has 0 saturated heterocycles. The second-order valence-corrected chi connectivity index (χ2v) is 8.54. The number of rotatable bonds is 6. The molecule has 0 bridgehead atoms. The molecule has 26 heavy (non-hydrogen) atoms. The average Bonchev–Trinajstić information content (AvgIpc) is 3.26. The number of nitrogens with one attached hydrogen (secondary N) is 1. The summed E-state index contributed by atoms with van der Waals surface area (Å²) in [6, 6.07) is 10.7. The van der Waals surface area contributed by atoms with Gasteiger partial charge >= 0.3 is 0 Å². The Morgan fingerprint density at radius 3 is 2.88 bits per heavy atom. The van der Waals surface area contributed by atoms with Crippen molar-refractivity contribution >= 4 is 49.5 Å². The fourth-order valence-electron chi connectivity index (χ4n) is 2.78. The Labute approximate surface area is 164 Å². The van der Waals surface area contributed by atoms with Gasteiger partial charge in [-0.3, -0.25) is 4.98 Å². The minimum Gasteiger partial charge on any atom is -0.360 e. The number of anilines is 1.